The molecule has 0 fully saturated rings. The van der Waals surface area contributed by atoms with Crippen LogP contribution >= 0.6 is 0 Å². The lowest BCUT2D eigenvalue weighted by molar-refractivity contribution is -0.0514. The van der Waals surface area contributed by atoms with E-state index in [2.05, 4.69) is 19.2 Å². The fraction of sp³-hybridized carbons (Fsp3) is 1.00. The SMILES string of the molecule is CC(C)CCN.CNCCOC(C)(C)CO. The fourth-order valence-corrected chi connectivity index (χ4v) is 0.808. The normalized spacial score (nSPS) is 11.2. The van der Waals surface area contributed by atoms with Crippen LogP contribution in [-0.4, -0.2) is 44.1 Å². The summed E-state index contributed by atoms with van der Waals surface area (Å²) < 4.78 is 5.31. The highest BCUT2D eigenvalue weighted by Gasteiger charge is 2.15. The average Bonchev–Trinajstić information content (AvgIpc) is 2.19. The summed E-state index contributed by atoms with van der Waals surface area (Å²) >= 11 is 0. The lowest BCUT2D eigenvalue weighted by atomic mass is 10.1. The van der Waals surface area contributed by atoms with Gasteiger partial charge in [0.05, 0.1) is 18.8 Å². The largest absolute Gasteiger partial charge is 0.393 e. The van der Waals surface area contributed by atoms with Crippen molar-refractivity contribution in [2.75, 3.05) is 33.4 Å². The van der Waals surface area contributed by atoms with E-state index in [1.54, 1.807) is 0 Å². The second-order valence-corrected chi connectivity index (χ2v) is 4.84. The van der Waals surface area contributed by atoms with Gasteiger partial charge in [-0.05, 0) is 39.8 Å². The molecule has 0 spiro atoms. The summed E-state index contributed by atoms with van der Waals surface area (Å²) in [5.74, 6) is 0.773. The quantitative estimate of drug-likeness (QED) is 0.575. The number of ether oxygens (including phenoxy) is 1. The molecule has 0 saturated carbocycles. The molecular weight excluding hydrogens is 204 g/mol. The number of hydrogen-bond acceptors (Lipinski definition) is 4. The van der Waals surface area contributed by atoms with Crippen molar-refractivity contribution in [1.29, 1.82) is 0 Å². The molecule has 16 heavy (non-hydrogen) atoms. The first-order valence-electron chi connectivity index (χ1n) is 5.99. The Balaban J connectivity index is 0. The molecule has 0 unspecified atom stereocenters. The molecule has 0 aromatic carbocycles. The summed E-state index contributed by atoms with van der Waals surface area (Å²) in [5, 5.41) is 11.7. The highest BCUT2D eigenvalue weighted by atomic mass is 16.5. The molecule has 0 atom stereocenters. The molecule has 0 aliphatic heterocycles. The van der Waals surface area contributed by atoms with Crippen molar-refractivity contribution < 1.29 is 9.84 Å². The first-order chi connectivity index (χ1) is 7.39. The van der Waals surface area contributed by atoms with Gasteiger partial charge >= 0.3 is 0 Å². The van der Waals surface area contributed by atoms with E-state index in [4.69, 9.17) is 15.6 Å². The average molecular weight is 234 g/mol. The lowest BCUT2D eigenvalue weighted by Crippen LogP contribution is -2.31. The summed E-state index contributed by atoms with van der Waals surface area (Å²) in [6.45, 7) is 10.4. The zero-order chi connectivity index (χ0) is 13.0. The Kier molecular flexibility index (Phi) is 12.9. The number of nitrogens with one attached hydrogen (secondary N) is 1. The fourth-order valence-electron chi connectivity index (χ4n) is 0.808. The molecular formula is C12H30N2O2. The molecule has 0 aromatic heterocycles. The van der Waals surface area contributed by atoms with Gasteiger partial charge in [-0.3, -0.25) is 0 Å². The Hall–Kier alpha value is -0.160. The Bertz CT molecular complexity index is 139. The highest BCUT2D eigenvalue weighted by molar-refractivity contribution is 4.65. The number of aliphatic hydroxyl groups is 1. The van der Waals surface area contributed by atoms with Crippen LogP contribution in [0.5, 0.6) is 0 Å². The summed E-state index contributed by atoms with van der Waals surface area (Å²) in [6, 6.07) is 0. The van der Waals surface area contributed by atoms with Crippen molar-refractivity contribution in [3.63, 3.8) is 0 Å². The summed E-state index contributed by atoms with van der Waals surface area (Å²) in [4.78, 5) is 0. The minimum atomic E-state index is -0.392. The molecule has 0 amide bonds. The van der Waals surface area contributed by atoms with Gasteiger partial charge in [0.1, 0.15) is 0 Å². The van der Waals surface area contributed by atoms with Gasteiger partial charge in [0.15, 0.2) is 0 Å². The van der Waals surface area contributed by atoms with Gasteiger partial charge in [-0.25, -0.2) is 0 Å². The monoisotopic (exact) mass is 234 g/mol. The topological polar surface area (TPSA) is 67.5 Å². The van der Waals surface area contributed by atoms with E-state index in [9.17, 15) is 0 Å². The number of hydrogen-bond donors (Lipinski definition) is 3. The van der Waals surface area contributed by atoms with E-state index in [0.29, 0.717) is 6.61 Å². The van der Waals surface area contributed by atoms with Gasteiger partial charge < -0.3 is 20.9 Å². The van der Waals surface area contributed by atoms with Crippen LogP contribution < -0.4 is 11.1 Å². The molecule has 0 radical (unpaired) electrons. The maximum atomic E-state index is 8.75. The van der Waals surface area contributed by atoms with Crippen LogP contribution in [0, 0.1) is 5.92 Å². The Morgan fingerprint density at radius 1 is 1.38 bits per heavy atom. The van der Waals surface area contributed by atoms with Gasteiger partial charge in [0, 0.05) is 6.54 Å². The van der Waals surface area contributed by atoms with Gasteiger partial charge in [0.2, 0.25) is 0 Å². The van der Waals surface area contributed by atoms with Crippen LogP contribution in [0.15, 0.2) is 0 Å². The number of rotatable bonds is 7. The molecule has 4 nitrogen and oxygen atoms in total. The van der Waals surface area contributed by atoms with E-state index < -0.39 is 5.60 Å². The maximum Gasteiger partial charge on any atom is 0.0856 e. The van der Waals surface area contributed by atoms with E-state index in [1.807, 2.05) is 20.9 Å². The minimum Gasteiger partial charge on any atom is -0.393 e. The number of likely N-dealkylation sites (N-methyl/N-ethyl adjacent to an activating group) is 1. The molecule has 0 aliphatic rings. The van der Waals surface area contributed by atoms with E-state index >= 15 is 0 Å². The third-order valence-electron chi connectivity index (χ3n) is 1.97. The van der Waals surface area contributed by atoms with Crippen LogP contribution in [0.25, 0.3) is 0 Å². The zero-order valence-electron chi connectivity index (χ0n) is 11.5. The minimum absolute atomic E-state index is 0.0662. The standard InChI is InChI=1S/C7H17NO2.C5H13N/c1-7(2,6-9)10-5-4-8-3;1-5(2)3-4-6/h8-9H,4-6H2,1-3H3;5H,3-4,6H2,1-2H3. The van der Waals surface area contributed by atoms with Crippen molar-refractivity contribution in [2.45, 2.75) is 39.7 Å². The van der Waals surface area contributed by atoms with Crippen LogP contribution in [0.4, 0.5) is 0 Å². The van der Waals surface area contributed by atoms with Crippen molar-refractivity contribution >= 4 is 0 Å². The van der Waals surface area contributed by atoms with Crippen molar-refractivity contribution in [1.82, 2.24) is 5.32 Å². The Labute approximate surface area is 101 Å². The molecule has 4 N–H and O–H groups in total. The lowest BCUT2D eigenvalue weighted by Gasteiger charge is -2.22. The third-order valence-corrected chi connectivity index (χ3v) is 1.97. The molecule has 0 rings (SSSR count). The molecule has 0 heterocycles. The molecule has 4 heteroatoms. The van der Waals surface area contributed by atoms with Gasteiger partial charge in [0.25, 0.3) is 0 Å². The molecule has 0 bridgehead atoms. The molecule has 0 aromatic rings. The predicted octanol–water partition coefficient (Wildman–Crippen LogP) is 0.985. The van der Waals surface area contributed by atoms with Crippen LogP contribution in [0.3, 0.4) is 0 Å². The predicted molar refractivity (Wildman–Crippen MR) is 69.6 cm³/mol. The second kappa shape index (κ2) is 11.3. The van der Waals surface area contributed by atoms with Crippen LogP contribution in [0.2, 0.25) is 0 Å². The van der Waals surface area contributed by atoms with Gasteiger partial charge in [-0.2, -0.15) is 0 Å². The Morgan fingerprint density at radius 3 is 2.19 bits per heavy atom. The van der Waals surface area contributed by atoms with E-state index in [0.717, 1.165) is 25.4 Å². The third kappa shape index (κ3) is 16.3. The van der Waals surface area contributed by atoms with E-state index in [-0.39, 0.29) is 6.61 Å². The Morgan fingerprint density at radius 2 is 1.94 bits per heavy atom. The molecule has 0 saturated heterocycles. The van der Waals surface area contributed by atoms with Gasteiger partial charge in [-0.1, -0.05) is 13.8 Å². The highest BCUT2D eigenvalue weighted by Crippen LogP contribution is 2.05. The summed E-state index contributed by atoms with van der Waals surface area (Å²) in [5.41, 5.74) is 4.84. The summed E-state index contributed by atoms with van der Waals surface area (Å²) in [6.07, 6.45) is 1.15. The maximum absolute atomic E-state index is 8.75. The van der Waals surface area contributed by atoms with Crippen LogP contribution in [0.1, 0.15) is 34.1 Å². The van der Waals surface area contributed by atoms with Crippen molar-refractivity contribution in [2.24, 2.45) is 11.7 Å². The first kappa shape index (κ1) is 18.2. The van der Waals surface area contributed by atoms with Crippen molar-refractivity contribution in [3.8, 4) is 0 Å². The second-order valence-electron chi connectivity index (χ2n) is 4.84. The zero-order valence-corrected chi connectivity index (χ0v) is 11.5. The number of nitrogens with two attached hydrogens (primary N) is 1. The van der Waals surface area contributed by atoms with E-state index in [1.165, 1.54) is 0 Å². The van der Waals surface area contributed by atoms with Gasteiger partial charge in [-0.15, -0.1) is 0 Å². The number of aliphatic hydroxyl groups excluding tert-OH is 1. The van der Waals surface area contributed by atoms with Crippen molar-refractivity contribution in [3.05, 3.63) is 0 Å². The summed E-state index contributed by atoms with van der Waals surface area (Å²) in [7, 11) is 1.87. The molecule has 100 valence electrons. The first-order valence-corrected chi connectivity index (χ1v) is 5.99. The molecule has 0 aliphatic carbocycles. The smallest absolute Gasteiger partial charge is 0.0856 e. The van der Waals surface area contributed by atoms with Crippen LogP contribution in [-0.2, 0) is 4.74 Å².